The van der Waals surface area contributed by atoms with Crippen molar-refractivity contribution in [1.29, 1.82) is 0 Å². The highest BCUT2D eigenvalue weighted by atomic mass is 35.5. The standard InChI is InChI=1S/C24H22ClN3O2/c1-3-29-21-13-10-17(14-22(21)30-4-2)23-19-15-18(25)11-12-20(19)26-24(28-27-23)16-8-6-5-7-9-16/h5-15H,3-4H2,1-2H3,(H,26,28). The van der Waals surface area contributed by atoms with Crippen LogP contribution >= 0.6 is 11.6 Å². The van der Waals surface area contributed by atoms with Crippen LogP contribution in [0, 0.1) is 0 Å². The van der Waals surface area contributed by atoms with E-state index in [9.17, 15) is 0 Å². The lowest BCUT2D eigenvalue weighted by Crippen LogP contribution is -2.19. The van der Waals surface area contributed by atoms with Crippen LogP contribution < -0.4 is 14.9 Å². The number of rotatable bonds is 6. The van der Waals surface area contributed by atoms with Gasteiger partial charge in [0.25, 0.3) is 0 Å². The van der Waals surface area contributed by atoms with Gasteiger partial charge in [-0.25, -0.2) is 4.99 Å². The molecule has 3 aromatic rings. The lowest BCUT2D eigenvalue weighted by molar-refractivity contribution is 0.287. The summed E-state index contributed by atoms with van der Waals surface area (Å²) in [7, 11) is 0. The number of nitrogens with one attached hydrogen (secondary N) is 1. The lowest BCUT2D eigenvalue weighted by Gasteiger charge is -2.14. The second-order valence-electron chi connectivity index (χ2n) is 6.59. The summed E-state index contributed by atoms with van der Waals surface area (Å²) < 4.78 is 11.5. The van der Waals surface area contributed by atoms with E-state index in [0.717, 1.165) is 28.1 Å². The average molecular weight is 420 g/mol. The maximum absolute atomic E-state index is 6.32. The number of hydrogen-bond acceptors (Lipinski definition) is 5. The molecule has 1 heterocycles. The maximum Gasteiger partial charge on any atom is 0.161 e. The Morgan fingerprint density at radius 1 is 0.833 bits per heavy atom. The van der Waals surface area contributed by atoms with E-state index in [2.05, 4.69) is 5.43 Å². The minimum absolute atomic E-state index is 0.540. The summed E-state index contributed by atoms with van der Waals surface area (Å²) in [5.41, 5.74) is 7.31. The van der Waals surface area contributed by atoms with E-state index in [4.69, 9.17) is 31.2 Å². The van der Waals surface area contributed by atoms with E-state index in [0.29, 0.717) is 35.6 Å². The maximum atomic E-state index is 6.32. The van der Waals surface area contributed by atoms with Crippen LogP contribution in [0.15, 0.2) is 76.8 Å². The second kappa shape index (κ2) is 9.01. The van der Waals surface area contributed by atoms with E-state index in [1.165, 1.54) is 0 Å². The monoisotopic (exact) mass is 419 g/mol. The minimum atomic E-state index is 0.540. The average Bonchev–Trinajstić information content (AvgIpc) is 2.95. The summed E-state index contributed by atoms with van der Waals surface area (Å²) in [5.74, 6) is 2.06. The van der Waals surface area contributed by atoms with Gasteiger partial charge in [-0.05, 0) is 50.2 Å². The topological polar surface area (TPSA) is 55.2 Å². The fourth-order valence-corrected chi connectivity index (χ4v) is 3.43. The zero-order valence-corrected chi connectivity index (χ0v) is 17.6. The van der Waals surface area contributed by atoms with Gasteiger partial charge >= 0.3 is 0 Å². The highest BCUT2D eigenvalue weighted by molar-refractivity contribution is 6.31. The summed E-state index contributed by atoms with van der Waals surface area (Å²) in [6, 6.07) is 21.3. The predicted octanol–water partition coefficient (Wildman–Crippen LogP) is 5.57. The summed E-state index contributed by atoms with van der Waals surface area (Å²) in [6.45, 7) is 5.00. The van der Waals surface area contributed by atoms with Gasteiger partial charge in [-0.1, -0.05) is 41.9 Å². The normalized spacial score (nSPS) is 12.8. The Hall–Kier alpha value is -3.31. The van der Waals surface area contributed by atoms with Crippen molar-refractivity contribution in [2.75, 3.05) is 13.2 Å². The summed E-state index contributed by atoms with van der Waals surface area (Å²) >= 11 is 6.32. The molecular weight excluding hydrogens is 398 g/mol. The first kappa shape index (κ1) is 20.0. The second-order valence-corrected chi connectivity index (χ2v) is 7.02. The van der Waals surface area contributed by atoms with Crippen molar-refractivity contribution >= 4 is 28.8 Å². The number of aliphatic imine (C=N–C) groups is 1. The molecule has 152 valence electrons. The summed E-state index contributed by atoms with van der Waals surface area (Å²) in [6.07, 6.45) is 0. The first-order valence-corrected chi connectivity index (χ1v) is 10.2. The van der Waals surface area contributed by atoms with Crippen LogP contribution in [0.3, 0.4) is 0 Å². The third-order valence-corrected chi connectivity index (χ3v) is 4.82. The molecule has 1 aliphatic heterocycles. The Balaban J connectivity index is 1.82. The van der Waals surface area contributed by atoms with Crippen molar-refractivity contribution in [2.45, 2.75) is 13.8 Å². The van der Waals surface area contributed by atoms with Gasteiger partial charge < -0.3 is 9.47 Å². The molecule has 0 saturated carbocycles. The van der Waals surface area contributed by atoms with Gasteiger partial charge in [-0.2, -0.15) is 5.10 Å². The van der Waals surface area contributed by atoms with Gasteiger partial charge in [0, 0.05) is 21.7 Å². The molecule has 0 saturated heterocycles. The molecule has 0 spiro atoms. The molecule has 0 atom stereocenters. The number of amidine groups is 1. The summed E-state index contributed by atoms with van der Waals surface area (Å²) in [4.78, 5) is 4.81. The minimum Gasteiger partial charge on any atom is -0.490 e. The SMILES string of the molecule is CCOc1ccc(C2=NNC(c3ccccc3)=Nc3ccc(Cl)cc32)cc1OCC. The van der Waals surface area contributed by atoms with Crippen LogP contribution in [0.1, 0.15) is 30.5 Å². The van der Waals surface area contributed by atoms with Crippen LogP contribution in [0.5, 0.6) is 11.5 Å². The molecule has 1 N–H and O–H groups in total. The number of hydrogen-bond donors (Lipinski definition) is 1. The first-order valence-electron chi connectivity index (χ1n) is 9.87. The molecule has 4 rings (SSSR count). The number of hydrazone groups is 1. The number of fused-ring (bicyclic) bond motifs is 1. The predicted molar refractivity (Wildman–Crippen MR) is 122 cm³/mol. The van der Waals surface area contributed by atoms with Gasteiger partial charge in [-0.15, -0.1) is 0 Å². The molecule has 0 amide bonds. The zero-order chi connectivity index (χ0) is 20.9. The first-order chi connectivity index (χ1) is 14.7. The molecule has 6 heteroatoms. The van der Waals surface area contributed by atoms with Crippen molar-refractivity contribution in [3.63, 3.8) is 0 Å². The quantitative estimate of drug-likeness (QED) is 0.568. The third kappa shape index (κ3) is 4.16. The van der Waals surface area contributed by atoms with E-state index in [-0.39, 0.29) is 0 Å². The molecule has 30 heavy (non-hydrogen) atoms. The van der Waals surface area contributed by atoms with Crippen LogP contribution in [-0.4, -0.2) is 24.8 Å². The molecule has 3 aromatic carbocycles. The third-order valence-electron chi connectivity index (χ3n) is 4.58. The van der Waals surface area contributed by atoms with Gasteiger partial charge in [0.2, 0.25) is 0 Å². The van der Waals surface area contributed by atoms with Gasteiger partial charge in [0.05, 0.1) is 18.9 Å². The number of halogens is 1. The van der Waals surface area contributed by atoms with E-state index in [1.807, 2.05) is 80.6 Å². The molecule has 0 radical (unpaired) electrons. The van der Waals surface area contributed by atoms with Gasteiger partial charge in [0.15, 0.2) is 17.3 Å². The van der Waals surface area contributed by atoms with Crippen molar-refractivity contribution in [3.8, 4) is 11.5 Å². The fraction of sp³-hybridized carbons (Fsp3) is 0.167. The van der Waals surface area contributed by atoms with Crippen LogP contribution in [0.2, 0.25) is 5.02 Å². The van der Waals surface area contributed by atoms with Crippen LogP contribution in [-0.2, 0) is 0 Å². The van der Waals surface area contributed by atoms with E-state index < -0.39 is 0 Å². The fourth-order valence-electron chi connectivity index (χ4n) is 3.25. The van der Waals surface area contributed by atoms with Gasteiger partial charge in [-0.3, -0.25) is 5.43 Å². The van der Waals surface area contributed by atoms with Crippen molar-refractivity contribution in [3.05, 3.63) is 88.4 Å². The molecular formula is C24H22ClN3O2. The summed E-state index contributed by atoms with van der Waals surface area (Å²) in [5, 5.41) is 5.31. The molecule has 5 nitrogen and oxygen atoms in total. The Morgan fingerprint density at radius 2 is 1.60 bits per heavy atom. The molecule has 0 aliphatic carbocycles. The smallest absolute Gasteiger partial charge is 0.161 e. The Morgan fingerprint density at radius 3 is 2.37 bits per heavy atom. The number of nitrogens with zero attached hydrogens (tertiary/aromatic N) is 2. The highest BCUT2D eigenvalue weighted by Crippen LogP contribution is 2.33. The van der Waals surface area contributed by atoms with Crippen molar-refractivity contribution in [2.24, 2.45) is 10.1 Å². The number of benzene rings is 3. The van der Waals surface area contributed by atoms with E-state index >= 15 is 0 Å². The molecule has 0 aromatic heterocycles. The Bertz CT molecular complexity index is 1110. The van der Waals surface area contributed by atoms with Crippen molar-refractivity contribution in [1.82, 2.24) is 5.43 Å². The molecule has 0 bridgehead atoms. The largest absolute Gasteiger partial charge is 0.490 e. The molecule has 1 aliphatic rings. The zero-order valence-electron chi connectivity index (χ0n) is 16.9. The van der Waals surface area contributed by atoms with Crippen LogP contribution in [0.4, 0.5) is 5.69 Å². The Labute approximate surface area is 181 Å². The van der Waals surface area contributed by atoms with Crippen molar-refractivity contribution < 1.29 is 9.47 Å². The van der Waals surface area contributed by atoms with E-state index in [1.54, 1.807) is 0 Å². The highest BCUT2D eigenvalue weighted by Gasteiger charge is 2.19. The Kier molecular flexibility index (Phi) is 6.00. The molecule has 0 unspecified atom stereocenters. The van der Waals surface area contributed by atoms with Gasteiger partial charge in [0.1, 0.15) is 5.71 Å². The number of ether oxygens (including phenoxy) is 2. The molecule has 0 fully saturated rings. The van der Waals surface area contributed by atoms with Crippen LogP contribution in [0.25, 0.3) is 0 Å². The lowest BCUT2D eigenvalue weighted by atomic mass is 10.0.